The highest BCUT2D eigenvalue weighted by atomic mass is 79.9. The van der Waals surface area contributed by atoms with E-state index in [1.165, 1.54) is 16.8 Å². The van der Waals surface area contributed by atoms with E-state index in [0.29, 0.717) is 0 Å². The zero-order valence-corrected chi connectivity index (χ0v) is 12.9. The number of aryl methyl sites for hydroxylation is 1. The molecule has 0 aliphatic carbocycles. The normalized spacial score (nSPS) is 10.5. The maximum atomic E-state index is 5.93. The van der Waals surface area contributed by atoms with Crippen LogP contribution >= 0.6 is 15.9 Å². The Morgan fingerprint density at radius 3 is 2.37 bits per heavy atom. The molecule has 0 amide bonds. The summed E-state index contributed by atoms with van der Waals surface area (Å²) in [5.41, 5.74) is 10.5. The van der Waals surface area contributed by atoms with Crippen LogP contribution in [0, 0.1) is 6.92 Å². The van der Waals surface area contributed by atoms with Crippen molar-refractivity contribution in [1.82, 2.24) is 0 Å². The van der Waals surface area contributed by atoms with Crippen LogP contribution in [0.15, 0.2) is 46.9 Å². The smallest absolute Gasteiger partial charge is 0.0461 e. The summed E-state index contributed by atoms with van der Waals surface area (Å²) in [6.45, 7) is 6.12. The Bertz CT molecular complexity index is 549. The number of nitrogen functional groups attached to an aromatic ring is 1. The van der Waals surface area contributed by atoms with Crippen LogP contribution < -0.4 is 10.6 Å². The molecule has 0 radical (unpaired) electrons. The van der Waals surface area contributed by atoms with Gasteiger partial charge in [0.25, 0.3) is 0 Å². The van der Waals surface area contributed by atoms with Crippen molar-refractivity contribution in [3.05, 3.63) is 58.1 Å². The fourth-order valence-corrected chi connectivity index (χ4v) is 2.30. The molecule has 0 heterocycles. The van der Waals surface area contributed by atoms with E-state index in [0.717, 1.165) is 23.2 Å². The van der Waals surface area contributed by atoms with E-state index in [1.54, 1.807) is 0 Å². The average Bonchev–Trinajstić information content (AvgIpc) is 2.41. The molecule has 0 saturated carbocycles. The van der Waals surface area contributed by atoms with Crippen LogP contribution in [-0.4, -0.2) is 6.54 Å². The van der Waals surface area contributed by atoms with Gasteiger partial charge in [-0.1, -0.05) is 23.8 Å². The van der Waals surface area contributed by atoms with Crippen LogP contribution in [0.1, 0.15) is 18.1 Å². The second-order valence-electron chi connectivity index (χ2n) is 4.71. The van der Waals surface area contributed by atoms with Crippen molar-refractivity contribution in [3.8, 4) is 0 Å². The van der Waals surface area contributed by atoms with Gasteiger partial charge >= 0.3 is 0 Å². The maximum Gasteiger partial charge on any atom is 0.0461 e. The Morgan fingerprint density at radius 1 is 1.11 bits per heavy atom. The van der Waals surface area contributed by atoms with Crippen LogP contribution in [0.3, 0.4) is 0 Å². The topological polar surface area (TPSA) is 29.3 Å². The summed E-state index contributed by atoms with van der Waals surface area (Å²) in [5.74, 6) is 0. The van der Waals surface area contributed by atoms with Gasteiger partial charge in [-0.2, -0.15) is 0 Å². The molecule has 100 valence electrons. The molecule has 0 bridgehead atoms. The van der Waals surface area contributed by atoms with Crippen LogP contribution in [0.25, 0.3) is 0 Å². The van der Waals surface area contributed by atoms with Crippen molar-refractivity contribution in [3.63, 3.8) is 0 Å². The van der Waals surface area contributed by atoms with E-state index in [1.807, 2.05) is 12.1 Å². The molecule has 0 fully saturated rings. The predicted octanol–water partition coefficient (Wildman–Crippen LogP) is 4.37. The standard InChI is InChI=1S/C16H19BrN2/c1-3-19(14-7-4-12(2)5-8-14)11-13-6-9-15(17)16(18)10-13/h4-10H,3,11,18H2,1-2H3. The highest BCUT2D eigenvalue weighted by Gasteiger charge is 2.06. The molecule has 2 N–H and O–H groups in total. The third-order valence-electron chi connectivity index (χ3n) is 3.21. The predicted molar refractivity (Wildman–Crippen MR) is 86.5 cm³/mol. The number of hydrogen-bond acceptors (Lipinski definition) is 2. The number of nitrogens with two attached hydrogens (primary N) is 1. The molecular formula is C16H19BrN2. The molecule has 2 nitrogen and oxygen atoms in total. The van der Waals surface area contributed by atoms with Crippen molar-refractivity contribution in [1.29, 1.82) is 0 Å². The maximum absolute atomic E-state index is 5.93. The van der Waals surface area contributed by atoms with Crippen molar-refractivity contribution < 1.29 is 0 Å². The molecule has 2 aromatic rings. The van der Waals surface area contributed by atoms with E-state index in [2.05, 4.69) is 65.0 Å². The number of halogens is 1. The lowest BCUT2D eigenvalue weighted by molar-refractivity contribution is 0.832. The van der Waals surface area contributed by atoms with Gasteiger partial charge in [0, 0.05) is 28.9 Å². The van der Waals surface area contributed by atoms with Gasteiger partial charge in [0.15, 0.2) is 0 Å². The van der Waals surface area contributed by atoms with Crippen molar-refractivity contribution in [2.45, 2.75) is 20.4 Å². The fourth-order valence-electron chi connectivity index (χ4n) is 2.05. The lowest BCUT2D eigenvalue weighted by Crippen LogP contribution is -2.21. The summed E-state index contributed by atoms with van der Waals surface area (Å²) < 4.78 is 0.953. The molecule has 0 aromatic heterocycles. The molecule has 3 heteroatoms. The Labute approximate surface area is 123 Å². The third kappa shape index (κ3) is 3.51. The van der Waals surface area contributed by atoms with Gasteiger partial charge < -0.3 is 10.6 Å². The van der Waals surface area contributed by atoms with Gasteiger partial charge in [-0.25, -0.2) is 0 Å². The molecule has 0 spiro atoms. The van der Waals surface area contributed by atoms with Gasteiger partial charge in [-0.3, -0.25) is 0 Å². The fraction of sp³-hybridized carbons (Fsp3) is 0.250. The Morgan fingerprint density at radius 2 is 1.79 bits per heavy atom. The first kappa shape index (κ1) is 13.9. The van der Waals surface area contributed by atoms with E-state index in [-0.39, 0.29) is 0 Å². The minimum Gasteiger partial charge on any atom is -0.398 e. The van der Waals surface area contributed by atoms with E-state index < -0.39 is 0 Å². The van der Waals surface area contributed by atoms with Crippen LogP contribution in [0.2, 0.25) is 0 Å². The third-order valence-corrected chi connectivity index (χ3v) is 3.94. The van der Waals surface area contributed by atoms with Gasteiger partial charge in [0.1, 0.15) is 0 Å². The zero-order valence-electron chi connectivity index (χ0n) is 11.4. The minimum atomic E-state index is 0.789. The van der Waals surface area contributed by atoms with Gasteiger partial charge in [-0.15, -0.1) is 0 Å². The Hall–Kier alpha value is -1.48. The molecule has 0 atom stereocenters. The first-order valence-corrected chi connectivity index (χ1v) is 7.25. The van der Waals surface area contributed by atoms with Crippen molar-refractivity contribution in [2.24, 2.45) is 0 Å². The summed E-state index contributed by atoms with van der Waals surface area (Å²) in [6, 6.07) is 14.8. The molecule has 19 heavy (non-hydrogen) atoms. The van der Waals surface area contributed by atoms with Crippen LogP contribution in [-0.2, 0) is 6.54 Å². The lowest BCUT2D eigenvalue weighted by atomic mass is 10.1. The summed E-state index contributed by atoms with van der Waals surface area (Å²) in [5, 5.41) is 0. The summed E-state index contributed by atoms with van der Waals surface area (Å²) >= 11 is 3.43. The summed E-state index contributed by atoms with van der Waals surface area (Å²) in [4.78, 5) is 2.34. The monoisotopic (exact) mass is 318 g/mol. The molecule has 0 aliphatic rings. The molecule has 0 aliphatic heterocycles. The number of rotatable bonds is 4. The molecule has 0 unspecified atom stereocenters. The van der Waals surface area contributed by atoms with E-state index >= 15 is 0 Å². The van der Waals surface area contributed by atoms with Crippen LogP contribution in [0.5, 0.6) is 0 Å². The SMILES string of the molecule is CCN(Cc1ccc(Br)c(N)c1)c1ccc(C)cc1. The molecular weight excluding hydrogens is 300 g/mol. The molecule has 0 saturated heterocycles. The molecule has 2 aromatic carbocycles. The number of benzene rings is 2. The summed E-state index contributed by atoms with van der Waals surface area (Å²) in [6.07, 6.45) is 0. The van der Waals surface area contributed by atoms with Gasteiger partial charge in [0.05, 0.1) is 0 Å². The van der Waals surface area contributed by atoms with E-state index in [9.17, 15) is 0 Å². The second-order valence-corrected chi connectivity index (χ2v) is 5.56. The Kier molecular flexibility index (Phi) is 4.48. The number of nitrogens with zero attached hydrogens (tertiary/aromatic N) is 1. The zero-order chi connectivity index (χ0) is 13.8. The molecule has 2 rings (SSSR count). The quantitative estimate of drug-likeness (QED) is 0.848. The van der Waals surface area contributed by atoms with Crippen molar-refractivity contribution in [2.75, 3.05) is 17.2 Å². The van der Waals surface area contributed by atoms with Gasteiger partial charge in [0.2, 0.25) is 0 Å². The largest absolute Gasteiger partial charge is 0.398 e. The highest BCUT2D eigenvalue weighted by Crippen LogP contribution is 2.23. The Balaban J connectivity index is 2.18. The van der Waals surface area contributed by atoms with Crippen molar-refractivity contribution >= 4 is 27.3 Å². The number of hydrogen-bond donors (Lipinski definition) is 1. The van der Waals surface area contributed by atoms with Crippen LogP contribution in [0.4, 0.5) is 11.4 Å². The number of anilines is 2. The lowest BCUT2D eigenvalue weighted by Gasteiger charge is -2.23. The first-order chi connectivity index (χ1) is 9.10. The average molecular weight is 319 g/mol. The van der Waals surface area contributed by atoms with Gasteiger partial charge in [-0.05, 0) is 59.6 Å². The second kappa shape index (κ2) is 6.11. The first-order valence-electron chi connectivity index (χ1n) is 6.45. The summed E-state index contributed by atoms with van der Waals surface area (Å²) in [7, 11) is 0. The minimum absolute atomic E-state index is 0.789. The highest BCUT2D eigenvalue weighted by molar-refractivity contribution is 9.10. The van der Waals surface area contributed by atoms with E-state index in [4.69, 9.17) is 5.73 Å².